The summed E-state index contributed by atoms with van der Waals surface area (Å²) in [6, 6.07) is 14.1. The molecule has 100 valence electrons. The van der Waals surface area contributed by atoms with Crippen molar-refractivity contribution in [2.24, 2.45) is 12.0 Å². The molecule has 0 atom stereocenters. The van der Waals surface area contributed by atoms with Crippen molar-refractivity contribution >= 4 is 29.2 Å². The molecule has 0 radical (unpaired) electrons. The second-order valence-electron chi connectivity index (χ2n) is 4.58. The fourth-order valence-corrected chi connectivity index (χ4v) is 2.54. The van der Waals surface area contributed by atoms with Crippen LogP contribution in [0.25, 0.3) is 10.9 Å². The van der Waals surface area contributed by atoms with E-state index in [1.165, 1.54) is 12.1 Å². The molecule has 1 heterocycles. The molecule has 1 aromatic heterocycles. The second kappa shape index (κ2) is 5.13. The zero-order chi connectivity index (χ0) is 14.1. The summed E-state index contributed by atoms with van der Waals surface area (Å²) in [6.07, 6.45) is 1.92. The van der Waals surface area contributed by atoms with E-state index in [1.807, 2.05) is 42.1 Å². The summed E-state index contributed by atoms with van der Waals surface area (Å²) in [4.78, 5) is 5.38. The number of hydrogen-bond donors (Lipinski definition) is 1. The molecule has 0 fully saturated rings. The van der Waals surface area contributed by atoms with Crippen molar-refractivity contribution in [3.8, 4) is 0 Å². The topological polar surface area (TPSA) is 17.3 Å². The average molecular weight is 284 g/mol. The molecule has 0 aliphatic rings. The summed E-state index contributed by atoms with van der Waals surface area (Å²) in [5, 5.41) is 1.82. The van der Waals surface area contributed by atoms with Crippen molar-refractivity contribution in [1.82, 2.24) is 4.57 Å². The molecule has 0 saturated carbocycles. The Hall–Kier alpha value is -2.07. The first-order valence-electron chi connectivity index (χ1n) is 6.23. The van der Waals surface area contributed by atoms with Crippen LogP contribution in [0.4, 0.5) is 10.1 Å². The molecule has 4 heteroatoms. The molecule has 3 aromatic rings. The van der Waals surface area contributed by atoms with E-state index < -0.39 is 0 Å². The first-order chi connectivity index (χ1) is 9.65. The number of rotatable bonds is 1. The molecule has 0 amide bonds. The summed E-state index contributed by atoms with van der Waals surface area (Å²) in [6.45, 7) is 0. The lowest BCUT2D eigenvalue weighted by Gasteiger charge is -2.08. The Kier molecular flexibility index (Phi) is 3.32. The van der Waals surface area contributed by atoms with E-state index in [4.69, 9.17) is 0 Å². The highest BCUT2D eigenvalue weighted by Crippen LogP contribution is 2.16. The molecule has 20 heavy (non-hydrogen) atoms. The van der Waals surface area contributed by atoms with Gasteiger partial charge in [0, 0.05) is 29.0 Å². The molecule has 0 unspecified atom stereocenters. The highest BCUT2D eigenvalue weighted by atomic mass is 32.1. The van der Waals surface area contributed by atoms with Gasteiger partial charge in [-0.2, -0.15) is 0 Å². The minimum atomic E-state index is -0.264. The van der Waals surface area contributed by atoms with Crippen LogP contribution in [0, 0.1) is 5.82 Å². The van der Waals surface area contributed by atoms with Crippen LogP contribution in [0.5, 0.6) is 0 Å². The lowest BCUT2D eigenvalue weighted by molar-refractivity contribution is 0.628. The summed E-state index contributed by atoms with van der Waals surface area (Å²) in [5.74, 6) is -0.264. The van der Waals surface area contributed by atoms with E-state index >= 15 is 0 Å². The van der Waals surface area contributed by atoms with Gasteiger partial charge in [0.25, 0.3) is 0 Å². The highest BCUT2D eigenvalue weighted by Gasteiger charge is 2.03. The number of pyridine rings is 1. The van der Waals surface area contributed by atoms with Gasteiger partial charge in [-0.1, -0.05) is 18.2 Å². The summed E-state index contributed by atoms with van der Waals surface area (Å²) < 4.78 is 15.0. The lowest BCUT2D eigenvalue weighted by Crippen LogP contribution is -2.09. The minimum absolute atomic E-state index is 0.264. The van der Waals surface area contributed by atoms with Crippen LogP contribution in [0.15, 0.2) is 64.6 Å². The number of thiol groups is 1. The van der Waals surface area contributed by atoms with Crippen molar-refractivity contribution in [3.05, 3.63) is 65.9 Å². The largest absolute Gasteiger partial charge is 0.349 e. The molecular formula is C16H13FN2S. The molecule has 0 saturated heterocycles. The van der Waals surface area contributed by atoms with Crippen LogP contribution in [0.2, 0.25) is 0 Å². The Morgan fingerprint density at radius 1 is 1.05 bits per heavy atom. The molecule has 0 bridgehead atoms. The predicted octanol–water partition coefficient (Wildman–Crippen LogP) is 3.84. The maximum Gasteiger partial charge on any atom is 0.123 e. The SMILES string of the molecule is Cn1cc(S)c(=Nc2ccc(F)cc2)c2ccccc21. The first kappa shape index (κ1) is 12.9. The van der Waals surface area contributed by atoms with Crippen molar-refractivity contribution in [1.29, 1.82) is 0 Å². The molecule has 2 nitrogen and oxygen atoms in total. The van der Waals surface area contributed by atoms with Gasteiger partial charge >= 0.3 is 0 Å². The molecule has 0 N–H and O–H groups in total. The predicted molar refractivity (Wildman–Crippen MR) is 81.8 cm³/mol. The standard InChI is InChI=1S/C16H13FN2S/c1-19-10-15(20)16(13-4-2-3-5-14(13)19)18-12-8-6-11(17)7-9-12/h2-10,20H,1H3. The van der Waals surface area contributed by atoms with E-state index in [9.17, 15) is 4.39 Å². The van der Waals surface area contributed by atoms with E-state index in [2.05, 4.69) is 17.6 Å². The number of aromatic nitrogens is 1. The third-order valence-electron chi connectivity index (χ3n) is 3.17. The van der Waals surface area contributed by atoms with Gasteiger partial charge in [0.1, 0.15) is 5.82 Å². The quantitative estimate of drug-likeness (QED) is 0.654. The molecule has 0 spiro atoms. The maximum absolute atomic E-state index is 13.0. The van der Waals surface area contributed by atoms with Crippen LogP contribution in [-0.2, 0) is 7.05 Å². The van der Waals surface area contributed by atoms with Crippen LogP contribution in [0.1, 0.15) is 0 Å². The van der Waals surface area contributed by atoms with E-state index in [0.29, 0.717) is 5.69 Å². The zero-order valence-electron chi connectivity index (χ0n) is 10.9. The number of para-hydroxylation sites is 1. The fourth-order valence-electron chi connectivity index (χ4n) is 2.20. The number of hydrogen-bond acceptors (Lipinski definition) is 2. The Bertz CT molecular complexity index is 835. The smallest absolute Gasteiger partial charge is 0.123 e. The Morgan fingerprint density at radius 2 is 1.75 bits per heavy atom. The van der Waals surface area contributed by atoms with Crippen LogP contribution in [0.3, 0.4) is 0 Å². The monoisotopic (exact) mass is 284 g/mol. The summed E-state index contributed by atoms with van der Waals surface area (Å²) >= 11 is 4.51. The third kappa shape index (κ3) is 2.34. The van der Waals surface area contributed by atoms with E-state index in [0.717, 1.165) is 21.2 Å². The van der Waals surface area contributed by atoms with Crippen molar-refractivity contribution in [2.45, 2.75) is 4.90 Å². The van der Waals surface area contributed by atoms with E-state index in [-0.39, 0.29) is 5.82 Å². The second-order valence-corrected chi connectivity index (χ2v) is 5.06. The van der Waals surface area contributed by atoms with Gasteiger partial charge in [-0.15, -0.1) is 12.6 Å². The van der Waals surface area contributed by atoms with Gasteiger partial charge < -0.3 is 4.57 Å². The van der Waals surface area contributed by atoms with Gasteiger partial charge in [0.2, 0.25) is 0 Å². The average Bonchev–Trinajstić information content (AvgIpc) is 2.45. The van der Waals surface area contributed by atoms with Gasteiger partial charge in [-0.05, 0) is 30.3 Å². The molecular weight excluding hydrogens is 271 g/mol. The van der Waals surface area contributed by atoms with Gasteiger partial charge in [-0.3, -0.25) is 0 Å². The summed E-state index contributed by atoms with van der Waals surface area (Å²) in [5.41, 5.74) is 1.78. The lowest BCUT2D eigenvalue weighted by atomic mass is 10.2. The maximum atomic E-state index is 13.0. The third-order valence-corrected chi connectivity index (χ3v) is 3.49. The first-order valence-corrected chi connectivity index (χ1v) is 6.67. The zero-order valence-corrected chi connectivity index (χ0v) is 11.8. The Balaban J connectivity index is 2.33. The molecule has 3 rings (SSSR count). The Morgan fingerprint density at radius 3 is 2.50 bits per heavy atom. The number of fused-ring (bicyclic) bond motifs is 1. The van der Waals surface area contributed by atoms with Crippen molar-refractivity contribution in [3.63, 3.8) is 0 Å². The van der Waals surface area contributed by atoms with Crippen LogP contribution < -0.4 is 5.36 Å². The van der Waals surface area contributed by atoms with E-state index in [1.54, 1.807) is 12.1 Å². The van der Waals surface area contributed by atoms with Gasteiger partial charge in [0.15, 0.2) is 0 Å². The highest BCUT2D eigenvalue weighted by molar-refractivity contribution is 7.80. The Labute approximate surface area is 121 Å². The van der Waals surface area contributed by atoms with Gasteiger partial charge in [-0.25, -0.2) is 9.38 Å². The number of benzene rings is 2. The van der Waals surface area contributed by atoms with Gasteiger partial charge in [0.05, 0.1) is 11.0 Å². The number of aryl methyl sites for hydroxylation is 1. The fraction of sp³-hybridized carbons (Fsp3) is 0.0625. The summed E-state index contributed by atoms with van der Waals surface area (Å²) in [7, 11) is 1.98. The van der Waals surface area contributed by atoms with Crippen LogP contribution >= 0.6 is 12.6 Å². The van der Waals surface area contributed by atoms with Crippen LogP contribution in [-0.4, -0.2) is 4.57 Å². The normalized spacial score (nSPS) is 12.1. The number of halogens is 1. The van der Waals surface area contributed by atoms with Crippen molar-refractivity contribution < 1.29 is 4.39 Å². The molecule has 2 aromatic carbocycles. The number of nitrogens with zero attached hydrogens (tertiary/aromatic N) is 2. The minimum Gasteiger partial charge on any atom is -0.349 e. The van der Waals surface area contributed by atoms with Crippen molar-refractivity contribution in [2.75, 3.05) is 0 Å². The molecule has 0 aliphatic carbocycles. The molecule has 0 aliphatic heterocycles.